The highest BCUT2D eigenvalue weighted by atomic mass is 16.4. The molecule has 1 fully saturated rings. The Morgan fingerprint density at radius 3 is 2.54 bits per heavy atom. The van der Waals surface area contributed by atoms with Crippen LogP contribution < -0.4 is 5.32 Å². The van der Waals surface area contributed by atoms with Crippen molar-refractivity contribution in [3.63, 3.8) is 0 Å². The van der Waals surface area contributed by atoms with Crippen molar-refractivity contribution in [2.75, 3.05) is 7.05 Å². The zero-order valence-electron chi connectivity index (χ0n) is 8.25. The molecular formula is C10H19NO2. The van der Waals surface area contributed by atoms with Gasteiger partial charge in [-0.3, -0.25) is 4.79 Å². The van der Waals surface area contributed by atoms with Crippen LogP contribution >= 0.6 is 0 Å². The van der Waals surface area contributed by atoms with Gasteiger partial charge in [-0.15, -0.1) is 0 Å². The SMILES string of the molecule is CN[C@H](CC1CCCCC1)C(=O)O. The van der Waals surface area contributed by atoms with Crippen molar-refractivity contribution in [3.05, 3.63) is 0 Å². The molecule has 1 atom stereocenters. The van der Waals surface area contributed by atoms with E-state index < -0.39 is 5.97 Å². The Hall–Kier alpha value is -0.570. The number of hydrogen-bond acceptors (Lipinski definition) is 2. The van der Waals surface area contributed by atoms with Crippen LogP contribution in [0.4, 0.5) is 0 Å². The third-order valence-corrected chi connectivity index (χ3v) is 2.94. The third-order valence-electron chi connectivity index (χ3n) is 2.94. The summed E-state index contributed by atoms with van der Waals surface area (Å²) in [5.41, 5.74) is 0. The van der Waals surface area contributed by atoms with Gasteiger partial charge in [0.15, 0.2) is 0 Å². The van der Waals surface area contributed by atoms with Crippen molar-refractivity contribution in [1.29, 1.82) is 0 Å². The molecule has 0 bridgehead atoms. The average molecular weight is 185 g/mol. The molecule has 3 heteroatoms. The first-order chi connectivity index (χ1) is 6.24. The molecule has 76 valence electrons. The Kier molecular flexibility index (Phi) is 4.22. The van der Waals surface area contributed by atoms with Crippen LogP contribution in [0.2, 0.25) is 0 Å². The minimum Gasteiger partial charge on any atom is -0.480 e. The monoisotopic (exact) mass is 185 g/mol. The van der Waals surface area contributed by atoms with Crippen LogP contribution in [-0.2, 0) is 4.79 Å². The van der Waals surface area contributed by atoms with E-state index in [2.05, 4.69) is 5.32 Å². The maximum atomic E-state index is 10.7. The van der Waals surface area contributed by atoms with Crippen molar-refractivity contribution in [3.8, 4) is 0 Å². The lowest BCUT2D eigenvalue weighted by Crippen LogP contribution is -2.36. The van der Waals surface area contributed by atoms with Crippen LogP contribution in [0.3, 0.4) is 0 Å². The first-order valence-electron chi connectivity index (χ1n) is 5.14. The van der Waals surface area contributed by atoms with E-state index in [0.29, 0.717) is 5.92 Å². The number of carbonyl (C=O) groups is 1. The zero-order valence-corrected chi connectivity index (χ0v) is 8.25. The summed E-state index contributed by atoms with van der Waals surface area (Å²) >= 11 is 0. The smallest absolute Gasteiger partial charge is 0.320 e. The van der Waals surface area contributed by atoms with E-state index in [1.807, 2.05) is 0 Å². The van der Waals surface area contributed by atoms with Gasteiger partial charge in [0.05, 0.1) is 0 Å². The van der Waals surface area contributed by atoms with Gasteiger partial charge < -0.3 is 10.4 Å². The molecule has 0 radical (unpaired) electrons. The number of carboxylic acid groups (broad SMARTS) is 1. The molecule has 1 saturated carbocycles. The number of hydrogen-bond donors (Lipinski definition) is 2. The van der Waals surface area contributed by atoms with Crippen molar-refractivity contribution in [1.82, 2.24) is 5.32 Å². The van der Waals surface area contributed by atoms with Crippen LogP contribution in [-0.4, -0.2) is 24.2 Å². The second kappa shape index (κ2) is 5.22. The Morgan fingerprint density at radius 1 is 1.46 bits per heavy atom. The van der Waals surface area contributed by atoms with E-state index in [4.69, 9.17) is 5.11 Å². The van der Waals surface area contributed by atoms with Gasteiger partial charge in [-0.05, 0) is 19.4 Å². The lowest BCUT2D eigenvalue weighted by atomic mass is 9.85. The lowest BCUT2D eigenvalue weighted by Gasteiger charge is -2.24. The highest BCUT2D eigenvalue weighted by Gasteiger charge is 2.22. The van der Waals surface area contributed by atoms with Crippen molar-refractivity contribution in [2.45, 2.75) is 44.6 Å². The molecule has 3 nitrogen and oxygen atoms in total. The predicted molar refractivity (Wildman–Crippen MR) is 51.7 cm³/mol. The Morgan fingerprint density at radius 2 is 2.08 bits per heavy atom. The highest BCUT2D eigenvalue weighted by Crippen LogP contribution is 2.27. The fourth-order valence-corrected chi connectivity index (χ4v) is 2.10. The molecule has 13 heavy (non-hydrogen) atoms. The average Bonchev–Trinajstić information content (AvgIpc) is 2.15. The number of aliphatic carboxylic acids is 1. The lowest BCUT2D eigenvalue weighted by molar-refractivity contribution is -0.139. The van der Waals surface area contributed by atoms with Gasteiger partial charge in [-0.2, -0.15) is 0 Å². The Bertz CT molecular complexity index is 164. The molecule has 0 aromatic heterocycles. The number of rotatable bonds is 4. The van der Waals surface area contributed by atoms with Gasteiger partial charge in [0, 0.05) is 0 Å². The second-order valence-electron chi connectivity index (χ2n) is 3.92. The predicted octanol–water partition coefficient (Wildman–Crippen LogP) is 1.63. The van der Waals surface area contributed by atoms with Crippen LogP contribution in [0.1, 0.15) is 38.5 Å². The fourth-order valence-electron chi connectivity index (χ4n) is 2.10. The molecule has 1 aliphatic rings. The largest absolute Gasteiger partial charge is 0.480 e. The molecule has 2 N–H and O–H groups in total. The van der Waals surface area contributed by atoms with Gasteiger partial charge in [0.25, 0.3) is 0 Å². The normalized spacial score (nSPS) is 21.3. The topological polar surface area (TPSA) is 49.3 Å². The second-order valence-corrected chi connectivity index (χ2v) is 3.92. The minimum atomic E-state index is -0.715. The first kappa shape index (κ1) is 10.5. The van der Waals surface area contributed by atoms with Crippen LogP contribution in [0.15, 0.2) is 0 Å². The summed E-state index contributed by atoms with van der Waals surface area (Å²) in [5, 5.41) is 11.7. The number of likely N-dealkylation sites (N-methyl/N-ethyl adjacent to an activating group) is 1. The molecular weight excluding hydrogens is 166 g/mol. The van der Waals surface area contributed by atoms with E-state index in [-0.39, 0.29) is 6.04 Å². The molecule has 0 spiro atoms. The quantitative estimate of drug-likeness (QED) is 0.700. The molecule has 0 aromatic rings. The first-order valence-corrected chi connectivity index (χ1v) is 5.14. The van der Waals surface area contributed by atoms with E-state index in [0.717, 1.165) is 6.42 Å². The van der Waals surface area contributed by atoms with Crippen molar-refractivity contribution >= 4 is 5.97 Å². The maximum Gasteiger partial charge on any atom is 0.320 e. The molecule has 0 aromatic carbocycles. The van der Waals surface area contributed by atoms with Crippen molar-refractivity contribution in [2.24, 2.45) is 5.92 Å². The van der Waals surface area contributed by atoms with Gasteiger partial charge >= 0.3 is 5.97 Å². The molecule has 0 amide bonds. The molecule has 0 saturated heterocycles. The van der Waals surface area contributed by atoms with Crippen LogP contribution in [0, 0.1) is 5.92 Å². The molecule has 0 unspecified atom stereocenters. The standard InChI is InChI=1S/C10H19NO2/c1-11-9(10(12)13)7-8-5-3-2-4-6-8/h8-9,11H,2-7H2,1H3,(H,12,13)/t9-/m1/s1. The summed E-state index contributed by atoms with van der Waals surface area (Å²) in [6, 6.07) is -0.344. The number of carboxylic acids is 1. The molecule has 1 rings (SSSR count). The number of nitrogens with one attached hydrogen (secondary N) is 1. The maximum absolute atomic E-state index is 10.7. The summed E-state index contributed by atoms with van der Waals surface area (Å²) in [6.07, 6.45) is 7.11. The fraction of sp³-hybridized carbons (Fsp3) is 0.900. The molecule has 0 aliphatic heterocycles. The van der Waals surface area contributed by atoms with Gasteiger partial charge in [-0.1, -0.05) is 32.1 Å². The van der Waals surface area contributed by atoms with E-state index in [1.54, 1.807) is 7.05 Å². The van der Waals surface area contributed by atoms with Crippen LogP contribution in [0.5, 0.6) is 0 Å². The van der Waals surface area contributed by atoms with E-state index in [1.165, 1.54) is 32.1 Å². The highest BCUT2D eigenvalue weighted by molar-refractivity contribution is 5.73. The summed E-state index contributed by atoms with van der Waals surface area (Å²) < 4.78 is 0. The van der Waals surface area contributed by atoms with E-state index >= 15 is 0 Å². The van der Waals surface area contributed by atoms with Crippen LogP contribution in [0.25, 0.3) is 0 Å². The molecule has 1 aliphatic carbocycles. The Labute approximate surface area is 79.5 Å². The summed E-state index contributed by atoms with van der Waals surface area (Å²) in [7, 11) is 1.72. The Balaban J connectivity index is 2.31. The van der Waals surface area contributed by atoms with Gasteiger partial charge in [-0.25, -0.2) is 0 Å². The van der Waals surface area contributed by atoms with Gasteiger partial charge in [0.2, 0.25) is 0 Å². The van der Waals surface area contributed by atoms with Gasteiger partial charge in [0.1, 0.15) is 6.04 Å². The molecule has 0 heterocycles. The summed E-state index contributed by atoms with van der Waals surface area (Å²) in [4.78, 5) is 10.7. The zero-order chi connectivity index (χ0) is 9.68. The van der Waals surface area contributed by atoms with Crippen molar-refractivity contribution < 1.29 is 9.90 Å². The summed E-state index contributed by atoms with van der Waals surface area (Å²) in [5.74, 6) is -0.0876. The minimum absolute atomic E-state index is 0.344. The van der Waals surface area contributed by atoms with E-state index in [9.17, 15) is 4.79 Å². The summed E-state index contributed by atoms with van der Waals surface area (Å²) in [6.45, 7) is 0. The third kappa shape index (κ3) is 3.35.